The number of nitro groups is 1. The molecule has 0 atom stereocenters. The molecule has 2 heterocycles. The molecule has 0 radical (unpaired) electrons. The van der Waals surface area contributed by atoms with Crippen LogP contribution in [-0.2, 0) is 11.3 Å². The molecule has 21 heavy (non-hydrogen) atoms. The molecule has 1 aromatic heterocycles. The highest BCUT2D eigenvalue weighted by Crippen LogP contribution is 2.14. The topological polar surface area (TPSA) is 84.1 Å². The number of hydrogen-bond acceptors (Lipinski definition) is 4. The van der Waals surface area contributed by atoms with Crippen molar-refractivity contribution in [3.05, 3.63) is 39.2 Å². The van der Waals surface area contributed by atoms with E-state index in [-0.39, 0.29) is 6.73 Å². The lowest BCUT2D eigenvalue weighted by Gasteiger charge is -2.36. The van der Waals surface area contributed by atoms with Gasteiger partial charge in [-0.3, -0.25) is 0 Å². The first-order chi connectivity index (χ1) is 10.1. The second kappa shape index (κ2) is 7.19. The van der Waals surface area contributed by atoms with Crippen LogP contribution in [0.5, 0.6) is 0 Å². The summed E-state index contributed by atoms with van der Waals surface area (Å²) in [6.07, 6.45) is 2.47. The van der Waals surface area contributed by atoms with Crippen molar-refractivity contribution in [3.8, 4) is 0 Å². The Bertz CT molecular complexity index is 520. The van der Waals surface area contributed by atoms with Crippen LogP contribution in [0.4, 0.5) is 0 Å². The first-order valence-corrected chi connectivity index (χ1v) is 6.89. The Morgan fingerprint density at radius 1 is 1.48 bits per heavy atom. The van der Waals surface area contributed by atoms with Gasteiger partial charge in [0.15, 0.2) is 5.03 Å². The minimum absolute atomic E-state index is 0.246. The third-order valence-electron chi connectivity index (χ3n) is 2.89. The summed E-state index contributed by atoms with van der Waals surface area (Å²) in [5.74, 6) is 0.308. The summed E-state index contributed by atoms with van der Waals surface area (Å²) >= 11 is 5.75. The van der Waals surface area contributed by atoms with Gasteiger partial charge in [0.05, 0.1) is 0 Å². The van der Waals surface area contributed by atoms with Gasteiger partial charge in [-0.15, -0.1) is 0 Å². The van der Waals surface area contributed by atoms with Crippen molar-refractivity contribution in [2.45, 2.75) is 19.9 Å². The van der Waals surface area contributed by atoms with E-state index in [0.717, 1.165) is 12.0 Å². The summed E-state index contributed by atoms with van der Waals surface area (Å²) in [5, 5.41) is 14.0. The van der Waals surface area contributed by atoms with Crippen molar-refractivity contribution in [1.29, 1.82) is 0 Å². The molecule has 114 valence electrons. The smallest absolute Gasteiger partial charge is 0.277 e. The number of ether oxygens (including phenoxy) is 1. The first kappa shape index (κ1) is 15.5. The van der Waals surface area contributed by atoms with E-state index >= 15 is 0 Å². The minimum atomic E-state index is -0.684. The molecule has 1 aliphatic heterocycles. The van der Waals surface area contributed by atoms with E-state index in [1.54, 1.807) is 22.1 Å². The van der Waals surface area contributed by atoms with Crippen LogP contribution in [0.15, 0.2) is 23.4 Å². The predicted molar refractivity (Wildman–Crippen MR) is 77.0 cm³/mol. The fraction of sp³-hybridized carbons (Fsp3) is 0.500. The Morgan fingerprint density at radius 3 is 2.86 bits per heavy atom. The van der Waals surface area contributed by atoms with Gasteiger partial charge in [-0.05, 0) is 18.1 Å². The van der Waals surface area contributed by atoms with E-state index in [1.165, 1.54) is 0 Å². The van der Waals surface area contributed by atoms with Gasteiger partial charge < -0.3 is 14.5 Å². The van der Waals surface area contributed by atoms with Gasteiger partial charge in [0, 0.05) is 19.3 Å². The highest BCUT2D eigenvalue weighted by molar-refractivity contribution is 6.29. The van der Waals surface area contributed by atoms with Crippen LogP contribution >= 0.6 is 11.6 Å². The van der Waals surface area contributed by atoms with E-state index in [9.17, 15) is 10.1 Å². The summed E-state index contributed by atoms with van der Waals surface area (Å²) in [6, 6.07) is 3.49. The molecule has 0 spiro atoms. The van der Waals surface area contributed by atoms with Crippen molar-refractivity contribution in [2.75, 3.05) is 20.0 Å². The Morgan fingerprint density at radius 2 is 2.24 bits per heavy atom. The molecule has 1 fully saturated rings. The fourth-order valence-electron chi connectivity index (χ4n) is 2.05. The Balaban J connectivity index is 2.18. The molecule has 0 aromatic carbocycles. The van der Waals surface area contributed by atoms with Gasteiger partial charge in [-0.1, -0.05) is 24.6 Å². The SMILES string of the molecule is CCCN1COCN(Cc2ccc(Cl)nc2)C1=N[N+](=O)[O-]. The zero-order valence-corrected chi connectivity index (χ0v) is 12.4. The van der Waals surface area contributed by atoms with Crippen molar-refractivity contribution >= 4 is 17.6 Å². The molecule has 1 saturated heterocycles. The third kappa shape index (κ3) is 4.27. The van der Waals surface area contributed by atoms with Crippen molar-refractivity contribution in [1.82, 2.24) is 14.8 Å². The van der Waals surface area contributed by atoms with Gasteiger partial charge in [-0.25, -0.2) is 15.1 Å². The standard InChI is InChI=1S/C12H16ClN5O3/c1-2-5-16-8-21-9-17(12(16)15-18(19)20)7-10-3-4-11(13)14-6-10/h3-4,6H,2,5,7-9H2,1H3. The summed E-state index contributed by atoms with van der Waals surface area (Å²) in [4.78, 5) is 18.2. The van der Waals surface area contributed by atoms with Crippen LogP contribution < -0.4 is 0 Å². The maximum Gasteiger partial charge on any atom is 0.277 e. The van der Waals surface area contributed by atoms with Crippen LogP contribution in [-0.4, -0.2) is 45.8 Å². The number of nitrogens with zero attached hydrogens (tertiary/aromatic N) is 5. The second-order valence-electron chi connectivity index (χ2n) is 4.55. The fourth-order valence-corrected chi connectivity index (χ4v) is 2.16. The number of aromatic nitrogens is 1. The van der Waals surface area contributed by atoms with Gasteiger partial charge in [0.1, 0.15) is 23.7 Å². The molecule has 0 aliphatic carbocycles. The zero-order chi connectivity index (χ0) is 15.2. The number of pyridine rings is 1. The molecule has 1 aromatic rings. The maximum atomic E-state index is 10.8. The Hall–Kier alpha value is -1.93. The molecule has 0 unspecified atom stereocenters. The largest absolute Gasteiger partial charge is 0.341 e. The number of halogens is 1. The normalized spacial score (nSPS) is 17.3. The molecule has 8 nitrogen and oxygen atoms in total. The molecule has 0 N–H and O–H groups in total. The van der Waals surface area contributed by atoms with Crippen molar-refractivity contribution in [3.63, 3.8) is 0 Å². The third-order valence-corrected chi connectivity index (χ3v) is 3.11. The van der Waals surface area contributed by atoms with Gasteiger partial charge >= 0.3 is 0 Å². The second-order valence-corrected chi connectivity index (χ2v) is 4.94. The zero-order valence-electron chi connectivity index (χ0n) is 11.6. The number of hydrogen-bond donors (Lipinski definition) is 0. The first-order valence-electron chi connectivity index (χ1n) is 6.51. The average molecular weight is 314 g/mol. The summed E-state index contributed by atoms with van der Waals surface area (Å²) in [5.41, 5.74) is 0.873. The van der Waals surface area contributed by atoms with E-state index in [4.69, 9.17) is 16.3 Å². The molecular weight excluding hydrogens is 298 g/mol. The van der Waals surface area contributed by atoms with Crippen molar-refractivity contribution in [2.24, 2.45) is 5.10 Å². The van der Waals surface area contributed by atoms with Gasteiger partial charge in [-0.2, -0.15) is 0 Å². The van der Waals surface area contributed by atoms with Crippen LogP contribution in [0, 0.1) is 10.1 Å². The summed E-state index contributed by atoms with van der Waals surface area (Å²) in [7, 11) is 0. The van der Waals surface area contributed by atoms with Crippen LogP contribution in [0.1, 0.15) is 18.9 Å². The molecule has 0 saturated carbocycles. The van der Waals surface area contributed by atoms with E-state index in [1.807, 2.05) is 13.0 Å². The van der Waals surface area contributed by atoms with Crippen molar-refractivity contribution < 1.29 is 9.77 Å². The number of guanidine groups is 1. The van der Waals surface area contributed by atoms with E-state index in [0.29, 0.717) is 30.9 Å². The highest BCUT2D eigenvalue weighted by Gasteiger charge is 2.27. The predicted octanol–water partition coefficient (Wildman–Crippen LogP) is 1.74. The lowest BCUT2D eigenvalue weighted by molar-refractivity contribution is -0.486. The Kier molecular flexibility index (Phi) is 5.29. The molecule has 2 rings (SSSR count). The van der Waals surface area contributed by atoms with Crippen LogP contribution in [0.2, 0.25) is 5.15 Å². The van der Waals surface area contributed by atoms with Crippen LogP contribution in [0.3, 0.4) is 0 Å². The van der Waals surface area contributed by atoms with Crippen LogP contribution in [0.25, 0.3) is 0 Å². The number of hydrazone groups is 1. The summed E-state index contributed by atoms with van der Waals surface area (Å²) in [6.45, 7) is 3.59. The minimum Gasteiger partial charge on any atom is -0.341 e. The number of rotatable bonds is 5. The highest BCUT2D eigenvalue weighted by atomic mass is 35.5. The molecule has 0 bridgehead atoms. The monoisotopic (exact) mass is 313 g/mol. The van der Waals surface area contributed by atoms with Gasteiger partial charge in [0.2, 0.25) is 0 Å². The lowest BCUT2D eigenvalue weighted by atomic mass is 10.2. The van der Waals surface area contributed by atoms with E-state index in [2.05, 4.69) is 10.1 Å². The molecular formula is C12H16ClN5O3. The van der Waals surface area contributed by atoms with Gasteiger partial charge in [0.25, 0.3) is 5.96 Å². The Labute approximate surface area is 127 Å². The average Bonchev–Trinajstić information content (AvgIpc) is 2.44. The maximum absolute atomic E-state index is 10.8. The lowest BCUT2D eigenvalue weighted by Crippen LogP contribution is -2.51. The molecule has 1 aliphatic rings. The summed E-state index contributed by atoms with van der Waals surface area (Å²) < 4.78 is 5.46. The molecule has 0 amide bonds. The van der Waals surface area contributed by atoms with E-state index < -0.39 is 5.03 Å². The molecule has 9 heteroatoms. The quantitative estimate of drug-likeness (QED) is 0.468.